The molecule has 0 aliphatic carbocycles. The number of ether oxygens (including phenoxy) is 1. The van der Waals surface area contributed by atoms with Crippen molar-refractivity contribution in [2.45, 2.75) is 13.0 Å². The van der Waals surface area contributed by atoms with Gasteiger partial charge in [-0.1, -0.05) is 60.2 Å². The Kier molecular flexibility index (Phi) is 7.53. The van der Waals surface area contributed by atoms with E-state index in [1.165, 1.54) is 16.7 Å². The normalized spacial score (nSPS) is 12.5. The number of quaternary nitrogens is 1. The third kappa shape index (κ3) is 6.07. The first-order valence-corrected chi connectivity index (χ1v) is 7.49. The third-order valence-corrected chi connectivity index (χ3v) is 3.53. The van der Waals surface area contributed by atoms with Gasteiger partial charge in [0.2, 0.25) is 0 Å². The molecule has 1 unspecified atom stereocenters. The van der Waals surface area contributed by atoms with Gasteiger partial charge in [-0.05, 0) is 18.1 Å². The van der Waals surface area contributed by atoms with Crippen molar-refractivity contribution >= 4 is 0 Å². The molecule has 0 aromatic heterocycles. The van der Waals surface area contributed by atoms with E-state index in [4.69, 9.17) is 4.74 Å². The Bertz CT molecular complexity index is 546. The number of benzene rings is 2. The molecule has 0 radical (unpaired) electrons. The highest BCUT2D eigenvalue weighted by atomic mass is 127. The summed E-state index contributed by atoms with van der Waals surface area (Å²) in [4.78, 5) is 0. The third-order valence-electron chi connectivity index (χ3n) is 3.53. The number of likely N-dealkylation sites (N-methyl/N-ethyl adjacent to an activating group) is 1. The average molecular weight is 411 g/mol. The van der Waals surface area contributed by atoms with E-state index in [1.54, 1.807) is 0 Å². The first-order valence-electron chi connectivity index (χ1n) is 7.49. The molecule has 0 saturated carbocycles. The van der Waals surface area contributed by atoms with Gasteiger partial charge in [-0.2, -0.15) is 0 Å². The summed E-state index contributed by atoms with van der Waals surface area (Å²) >= 11 is 0. The first-order chi connectivity index (χ1) is 9.96. The summed E-state index contributed by atoms with van der Waals surface area (Å²) in [6.45, 7) is 3.85. The van der Waals surface area contributed by atoms with Crippen LogP contribution in [0.2, 0.25) is 0 Å². The molecule has 0 spiro atoms. The largest absolute Gasteiger partial charge is 1.00 e. The minimum absolute atomic E-state index is 0. The van der Waals surface area contributed by atoms with Crippen LogP contribution in [0.5, 0.6) is 0 Å². The molecule has 22 heavy (non-hydrogen) atoms. The molecule has 2 nitrogen and oxygen atoms in total. The summed E-state index contributed by atoms with van der Waals surface area (Å²) in [5.74, 6) is 0. The molecule has 2 aromatic carbocycles. The Morgan fingerprint density at radius 1 is 0.864 bits per heavy atom. The van der Waals surface area contributed by atoms with Crippen LogP contribution in [-0.4, -0.2) is 38.8 Å². The molecule has 0 aliphatic rings. The van der Waals surface area contributed by atoms with E-state index in [0.717, 1.165) is 17.6 Å². The number of rotatable bonds is 6. The molecule has 3 heteroatoms. The quantitative estimate of drug-likeness (QED) is 0.505. The van der Waals surface area contributed by atoms with E-state index in [0.29, 0.717) is 0 Å². The highest BCUT2D eigenvalue weighted by Gasteiger charge is 2.16. The lowest BCUT2D eigenvalue weighted by Crippen LogP contribution is -3.00. The lowest BCUT2D eigenvalue weighted by molar-refractivity contribution is -0.870. The zero-order valence-corrected chi connectivity index (χ0v) is 16.1. The Morgan fingerprint density at radius 3 is 1.95 bits per heavy atom. The van der Waals surface area contributed by atoms with Gasteiger partial charge in [-0.15, -0.1) is 0 Å². The maximum atomic E-state index is 6.21. The molecular formula is C19H26INO. The minimum atomic E-state index is 0. The van der Waals surface area contributed by atoms with E-state index in [1.807, 2.05) is 6.07 Å². The summed E-state index contributed by atoms with van der Waals surface area (Å²) in [5, 5.41) is 0. The van der Waals surface area contributed by atoms with Crippen LogP contribution in [0.1, 0.15) is 22.8 Å². The van der Waals surface area contributed by atoms with Gasteiger partial charge in [0.05, 0.1) is 27.7 Å². The summed E-state index contributed by atoms with van der Waals surface area (Å²) in [6.07, 6.45) is 0.0124. The summed E-state index contributed by atoms with van der Waals surface area (Å²) in [5.41, 5.74) is 3.70. The number of hydrogen-bond donors (Lipinski definition) is 0. The van der Waals surface area contributed by atoms with E-state index >= 15 is 0 Å². The number of hydrogen-bond acceptors (Lipinski definition) is 1. The van der Waals surface area contributed by atoms with E-state index in [2.05, 4.69) is 76.6 Å². The van der Waals surface area contributed by atoms with E-state index in [-0.39, 0.29) is 30.1 Å². The summed E-state index contributed by atoms with van der Waals surface area (Å²) < 4.78 is 7.13. The summed E-state index contributed by atoms with van der Waals surface area (Å²) in [7, 11) is 6.56. The van der Waals surface area contributed by atoms with Crippen LogP contribution in [0.3, 0.4) is 0 Å². The van der Waals surface area contributed by atoms with Gasteiger partial charge in [-0.3, -0.25) is 0 Å². The second-order valence-corrected chi connectivity index (χ2v) is 6.59. The molecule has 1 atom stereocenters. The van der Waals surface area contributed by atoms with Crippen molar-refractivity contribution in [3.05, 3.63) is 71.3 Å². The van der Waals surface area contributed by atoms with Crippen LogP contribution < -0.4 is 24.0 Å². The van der Waals surface area contributed by atoms with Crippen molar-refractivity contribution in [2.24, 2.45) is 0 Å². The van der Waals surface area contributed by atoms with Crippen molar-refractivity contribution in [3.63, 3.8) is 0 Å². The van der Waals surface area contributed by atoms with Gasteiger partial charge in [0.15, 0.2) is 0 Å². The molecule has 0 amide bonds. The number of halogens is 1. The van der Waals surface area contributed by atoms with Gasteiger partial charge >= 0.3 is 0 Å². The molecule has 2 rings (SSSR count). The Morgan fingerprint density at radius 2 is 1.41 bits per heavy atom. The SMILES string of the molecule is Cc1ccc(C(OCC[N+](C)(C)C)c2ccccc2)cc1.[I-]. The molecule has 0 aliphatic heterocycles. The van der Waals surface area contributed by atoms with Crippen molar-refractivity contribution < 1.29 is 33.2 Å². The van der Waals surface area contributed by atoms with Crippen molar-refractivity contribution in [1.29, 1.82) is 0 Å². The topological polar surface area (TPSA) is 9.23 Å². The fourth-order valence-corrected chi connectivity index (χ4v) is 2.20. The van der Waals surface area contributed by atoms with Gasteiger partial charge in [0, 0.05) is 0 Å². The molecule has 120 valence electrons. The van der Waals surface area contributed by atoms with E-state index < -0.39 is 0 Å². The highest BCUT2D eigenvalue weighted by molar-refractivity contribution is 5.31. The van der Waals surface area contributed by atoms with Gasteiger partial charge in [0.1, 0.15) is 12.6 Å². The molecule has 0 N–H and O–H groups in total. The van der Waals surface area contributed by atoms with Crippen LogP contribution in [0.4, 0.5) is 0 Å². The molecule has 0 fully saturated rings. The predicted molar refractivity (Wildman–Crippen MR) is 88.3 cm³/mol. The standard InChI is InChI=1S/C19H26NO.HI/c1-16-10-12-18(13-11-16)19(17-8-6-5-7-9-17)21-15-14-20(2,3)4;/h5-13,19H,14-15H2,1-4H3;1H/q+1;/p-1. The second-order valence-electron chi connectivity index (χ2n) is 6.59. The van der Waals surface area contributed by atoms with Gasteiger partial charge < -0.3 is 33.2 Å². The van der Waals surface area contributed by atoms with Gasteiger partial charge in [-0.25, -0.2) is 0 Å². The maximum absolute atomic E-state index is 6.21. The zero-order chi connectivity index (χ0) is 15.3. The van der Waals surface area contributed by atoms with Crippen LogP contribution in [-0.2, 0) is 4.74 Å². The second kappa shape index (κ2) is 8.65. The molecule has 0 bridgehead atoms. The Hall–Kier alpha value is -0.910. The fraction of sp³-hybridized carbons (Fsp3) is 0.368. The first kappa shape index (κ1) is 19.1. The van der Waals surface area contributed by atoms with E-state index in [9.17, 15) is 0 Å². The lowest BCUT2D eigenvalue weighted by atomic mass is 10.0. The van der Waals surface area contributed by atoms with Crippen molar-refractivity contribution in [3.8, 4) is 0 Å². The fourth-order valence-electron chi connectivity index (χ4n) is 2.20. The predicted octanol–water partition coefficient (Wildman–Crippen LogP) is 0.811. The van der Waals surface area contributed by atoms with Gasteiger partial charge in [0.25, 0.3) is 0 Å². The number of aryl methyl sites for hydroxylation is 1. The molecule has 0 heterocycles. The molecular weight excluding hydrogens is 385 g/mol. The maximum Gasteiger partial charge on any atom is 0.108 e. The smallest absolute Gasteiger partial charge is 0.108 e. The van der Waals surface area contributed by atoms with Crippen LogP contribution in [0.25, 0.3) is 0 Å². The monoisotopic (exact) mass is 411 g/mol. The van der Waals surface area contributed by atoms with Crippen molar-refractivity contribution in [2.75, 3.05) is 34.3 Å². The van der Waals surface area contributed by atoms with Crippen LogP contribution in [0, 0.1) is 6.92 Å². The Labute approximate surface area is 151 Å². The lowest BCUT2D eigenvalue weighted by Gasteiger charge is -2.26. The zero-order valence-electron chi connectivity index (χ0n) is 13.9. The minimum Gasteiger partial charge on any atom is -1.00 e. The van der Waals surface area contributed by atoms with Crippen molar-refractivity contribution in [1.82, 2.24) is 0 Å². The highest BCUT2D eigenvalue weighted by Crippen LogP contribution is 2.26. The molecule has 0 saturated heterocycles. The average Bonchev–Trinajstić information content (AvgIpc) is 2.45. The molecule has 2 aromatic rings. The number of nitrogens with zero attached hydrogens (tertiary/aromatic N) is 1. The Balaban J connectivity index is 0.00000242. The van der Waals surface area contributed by atoms with Crippen LogP contribution in [0.15, 0.2) is 54.6 Å². The summed E-state index contributed by atoms with van der Waals surface area (Å²) in [6, 6.07) is 19.1. The van der Waals surface area contributed by atoms with Crippen LogP contribution >= 0.6 is 0 Å².